The van der Waals surface area contributed by atoms with Crippen molar-refractivity contribution >= 4 is 27.4 Å². The van der Waals surface area contributed by atoms with E-state index in [0.717, 1.165) is 0 Å². The van der Waals surface area contributed by atoms with Gasteiger partial charge in [-0.1, -0.05) is 0 Å². The molecule has 144 valence electrons. The van der Waals surface area contributed by atoms with Gasteiger partial charge in [0.2, 0.25) is 5.95 Å². The Morgan fingerprint density at radius 1 is 1.14 bits per heavy atom. The zero-order chi connectivity index (χ0) is 20.4. The molecule has 12 heteroatoms. The normalized spacial score (nSPS) is 11.2. The Morgan fingerprint density at radius 2 is 1.93 bits per heavy atom. The lowest BCUT2D eigenvalue weighted by atomic mass is 10.1. The van der Waals surface area contributed by atoms with Gasteiger partial charge >= 0.3 is 10.3 Å². The fraction of sp³-hybridized carbons (Fsp3) is 0. The first-order valence-electron chi connectivity index (χ1n) is 8.08. The molecule has 3 aromatic heterocycles. The molecule has 0 amide bonds. The van der Waals surface area contributed by atoms with Gasteiger partial charge in [-0.15, -0.1) is 0 Å². The molecule has 0 bridgehead atoms. The van der Waals surface area contributed by atoms with E-state index >= 15 is 0 Å². The number of nitrogens with one attached hydrogen (secondary N) is 1. The van der Waals surface area contributed by atoms with Crippen LogP contribution in [-0.4, -0.2) is 33.0 Å². The van der Waals surface area contributed by atoms with Gasteiger partial charge in [0.05, 0.1) is 17.5 Å². The highest BCUT2D eigenvalue weighted by atomic mass is 32.2. The second kappa shape index (κ2) is 7.15. The lowest BCUT2D eigenvalue weighted by Crippen LogP contribution is -2.18. The first kappa shape index (κ1) is 18.3. The van der Waals surface area contributed by atoms with E-state index in [9.17, 15) is 13.7 Å². The Balaban J connectivity index is 1.68. The molecule has 29 heavy (non-hydrogen) atoms. The third-order valence-corrected chi connectivity index (χ3v) is 4.20. The van der Waals surface area contributed by atoms with Crippen LogP contribution in [0.15, 0.2) is 55.1 Å². The molecule has 3 N–H and O–H groups in total. The number of rotatable bonds is 5. The molecule has 4 aromatic rings. The van der Waals surface area contributed by atoms with Crippen LogP contribution in [0, 0.1) is 11.3 Å². The van der Waals surface area contributed by atoms with E-state index in [4.69, 9.17) is 5.14 Å². The zero-order valence-electron chi connectivity index (χ0n) is 14.6. The molecule has 4 rings (SSSR count). The Bertz CT molecular complexity index is 1340. The maximum absolute atomic E-state index is 11.0. The van der Waals surface area contributed by atoms with E-state index in [1.807, 2.05) is 12.1 Å². The summed E-state index contributed by atoms with van der Waals surface area (Å²) >= 11 is 0. The number of imidazole rings is 1. The molecule has 0 aliphatic carbocycles. The third-order valence-electron chi connectivity index (χ3n) is 3.78. The average molecular weight is 408 g/mol. The van der Waals surface area contributed by atoms with E-state index in [-0.39, 0.29) is 17.3 Å². The number of aromatic nitrogens is 5. The molecule has 0 radical (unpaired) electrons. The van der Waals surface area contributed by atoms with E-state index in [1.165, 1.54) is 24.7 Å². The molecule has 0 saturated carbocycles. The molecule has 1 aromatic carbocycles. The summed E-state index contributed by atoms with van der Waals surface area (Å²) in [6.07, 6.45) is 4.56. The summed E-state index contributed by atoms with van der Waals surface area (Å²) in [5.74, 6) is 0.256. The van der Waals surface area contributed by atoms with Gasteiger partial charge in [-0.3, -0.25) is 5.43 Å². The summed E-state index contributed by atoms with van der Waals surface area (Å²) in [4.78, 5) is 17.0. The van der Waals surface area contributed by atoms with Crippen molar-refractivity contribution < 1.29 is 12.6 Å². The van der Waals surface area contributed by atoms with Gasteiger partial charge in [0.15, 0.2) is 5.65 Å². The summed E-state index contributed by atoms with van der Waals surface area (Å²) < 4.78 is 28.2. The summed E-state index contributed by atoms with van der Waals surface area (Å²) in [5.41, 5.74) is 5.40. The number of fused-ring (bicyclic) bond motifs is 1. The monoisotopic (exact) mass is 408 g/mol. The molecule has 0 fully saturated rings. The number of pyridine rings is 1. The van der Waals surface area contributed by atoms with Crippen molar-refractivity contribution in [3.8, 4) is 23.1 Å². The van der Waals surface area contributed by atoms with Gasteiger partial charge < -0.3 is 4.18 Å². The van der Waals surface area contributed by atoms with Crippen molar-refractivity contribution in [2.75, 3.05) is 5.43 Å². The van der Waals surface area contributed by atoms with E-state index in [2.05, 4.69) is 29.5 Å². The lowest BCUT2D eigenvalue weighted by molar-refractivity contribution is 0.488. The smallest absolute Gasteiger partial charge is 0.371 e. The van der Waals surface area contributed by atoms with Crippen molar-refractivity contribution in [1.82, 2.24) is 24.6 Å². The lowest BCUT2D eigenvalue weighted by Gasteiger charge is -2.09. The van der Waals surface area contributed by atoms with Crippen LogP contribution in [0.4, 0.5) is 5.95 Å². The summed E-state index contributed by atoms with van der Waals surface area (Å²) in [6, 6.07) is 11.6. The maximum atomic E-state index is 11.0. The number of nitriles is 1. The second-order valence-electron chi connectivity index (χ2n) is 5.74. The Labute approximate surface area is 164 Å². The molecule has 0 saturated heterocycles. The molecule has 0 unspecified atom stereocenters. The first-order chi connectivity index (χ1) is 13.9. The predicted octanol–water partition coefficient (Wildman–Crippen LogP) is 1.22. The van der Waals surface area contributed by atoms with Crippen LogP contribution in [-0.2, 0) is 10.3 Å². The van der Waals surface area contributed by atoms with E-state index in [0.29, 0.717) is 22.4 Å². The van der Waals surface area contributed by atoms with Crippen molar-refractivity contribution in [2.24, 2.45) is 5.14 Å². The third kappa shape index (κ3) is 3.95. The van der Waals surface area contributed by atoms with Crippen LogP contribution >= 0.6 is 0 Å². The number of hydrogen-bond acceptors (Lipinski definition) is 9. The zero-order valence-corrected chi connectivity index (χ0v) is 15.4. The van der Waals surface area contributed by atoms with Gasteiger partial charge in [-0.25, -0.2) is 24.6 Å². The molecule has 0 spiro atoms. The maximum Gasteiger partial charge on any atom is 0.380 e. The number of anilines is 1. The van der Waals surface area contributed by atoms with Crippen LogP contribution in [0.2, 0.25) is 0 Å². The van der Waals surface area contributed by atoms with Crippen LogP contribution in [0.5, 0.6) is 5.75 Å². The standard InChI is InChI=1S/C17H12N8O3S/c18-8-12-9-21-17(24-25-10-22-14-2-1-7-20-16(14)25)23-15(12)11-3-5-13(6-4-11)28-29(19,26)27/h1-7,9-10H,(H2,19,26,27)(H,21,23,24). The van der Waals surface area contributed by atoms with Crippen LogP contribution in [0.1, 0.15) is 5.56 Å². The number of nitrogens with two attached hydrogens (primary N) is 1. The van der Waals surface area contributed by atoms with Crippen LogP contribution in [0.3, 0.4) is 0 Å². The molecule has 3 heterocycles. The number of benzene rings is 1. The fourth-order valence-corrected chi connectivity index (χ4v) is 2.96. The van der Waals surface area contributed by atoms with E-state index in [1.54, 1.807) is 29.1 Å². The molecule has 0 atom stereocenters. The van der Waals surface area contributed by atoms with E-state index < -0.39 is 10.3 Å². The number of nitrogens with zero attached hydrogens (tertiary/aromatic N) is 6. The predicted molar refractivity (Wildman–Crippen MR) is 102 cm³/mol. The SMILES string of the molecule is N#Cc1cnc(Nn2cnc3cccnc32)nc1-c1ccc(OS(N)(=O)=O)cc1. The van der Waals surface area contributed by atoms with Crippen LogP contribution < -0.4 is 14.7 Å². The van der Waals surface area contributed by atoms with Gasteiger partial charge in [0.1, 0.15) is 23.7 Å². The molecular weight excluding hydrogens is 396 g/mol. The highest BCUT2D eigenvalue weighted by Gasteiger charge is 2.12. The largest absolute Gasteiger partial charge is 0.380 e. The second-order valence-corrected chi connectivity index (χ2v) is 6.89. The quantitative estimate of drug-likeness (QED) is 0.494. The minimum Gasteiger partial charge on any atom is -0.371 e. The molecule has 0 aliphatic rings. The van der Waals surface area contributed by atoms with Crippen molar-refractivity contribution in [3.63, 3.8) is 0 Å². The van der Waals surface area contributed by atoms with Gasteiger partial charge in [0.25, 0.3) is 0 Å². The molecule has 0 aliphatic heterocycles. The minimum absolute atomic E-state index is 0.0399. The molecule has 11 nitrogen and oxygen atoms in total. The minimum atomic E-state index is -4.12. The highest BCUT2D eigenvalue weighted by molar-refractivity contribution is 7.84. The van der Waals surface area contributed by atoms with Crippen molar-refractivity contribution in [1.29, 1.82) is 5.26 Å². The van der Waals surface area contributed by atoms with Crippen LogP contribution in [0.25, 0.3) is 22.4 Å². The van der Waals surface area contributed by atoms with Gasteiger partial charge in [0, 0.05) is 11.8 Å². The topological polar surface area (TPSA) is 162 Å². The summed E-state index contributed by atoms with van der Waals surface area (Å²) in [5, 5.41) is 14.2. The molecular formula is C17H12N8O3S. The average Bonchev–Trinajstić information content (AvgIpc) is 3.10. The van der Waals surface area contributed by atoms with Crippen molar-refractivity contribution in [3.05, 3.63) is 60.7 Å². The Hall–Kier alpha value is -4.08. The Kier molecular flexibility index (Phi) is 4.51. The van der Waals surface area contributed by atoms with Gasteiger partial charge in [-0.05, 0) is 36.4 Å². The fourth-order valence-electron chi connectivity index (χ4n) is 2.58. The first-order valence-corrected chi connectivity index (χ1v) is 9.55. The van der Waals surface area contributed by atoms with Crippen molar-refractivity contribution in [2.45, 2.75) is 0 Å². The summed E-state index contributed by atoms with van der Waals surface area (Å²) in [6.45, 7) is 0. The highest BCUT2D eigenvalue weighted by Crippen LogP contribution is 2.25. The van der Waals surface area contributed by atoms with Gasteiger partial charge in [-0.2, -0.15) is 18.8 Å². The Morgan fingerprint density at radius 3 is 2.66 bits per heavy atom. The number of hydrogen-bond donors (Lipinski definition) is 2. The summed E-state index contributed by atoms with van der Waals surface area (Å²) in [7, 11) is -4.12.